The van der Waals surface area contributed by atoms with Crippen molar-refractivity contribution in [2.45, 2.75) is 330 Å². The zero-order valence-corrected chi connectivity index (χ0v) is 43.9. The molecule has 0 radical (unpaired) electrons. The fourth-order valence-corrected chi connectivity index (χ4v) is 8.84. The Hall–Kier alpha value is -1.59. The molecule has 0 aliphatic carbocycles. The van der Waals surface area contributed by atoms with E-state index in [-0.39, 0.29) is 31.1 Å². The Morgan fingerprint density at radius 3 is 0.891 bits per heavy atom. The summed E-state index contributed by atoms with van der Waals surface area (Å²) >= 11 is 0. The monoisotopic (exact) mass is 905 g/mol. The molecule has 0 aliphatic heterocycles. The number of esters is 3. The Bertz CT molecular complexity index is 980. The highest BCUT2D eigenvalue weighted by molar-refractivity contribution is 5.71. The van der Waals surface area contributed by atoms with Crippen LogP contribution in [-0.4, -0.2) is 37.2 Å². The highest BCUT2D eigenvalue weighted by Gasteiger charge is 2.19. The van der Waals surface area contributed by atoms with Crippen molar-refractivity contribution < 1.29 is 28.6 Å². The fourth-order valence-electron chi connectivity index (χ4n) is 8.84. The minimum Gasteiger partial charge on any atom is -0.462 e. The van der Waals surface area contributed by atoms with Crippen molar-refractivity contribution in [2.75, 3.05) is 13.2 Å². The Labute approximate surface area is 399 Å². The van der Waals surface area contributed by atoms with Gasteiger partial charge in [0.2, 0.25) is 0 Å². The Kier molecular flexibility index (Phi) is 49.6. The van der Waals surface area contributed by atoms with Crippen LogP contribution in [0.15, 0.2) is 0 Å². The van der Waals surface area contributed by atoms with E-state index in [9.17, 15) is 14.4 Å². The third-order valence-corrected chi connectivity index (χ3v) is 13.6. The molecule has 0 saturated heterocycles. The molecule has 0 fully saturated rings. The van der Waals surface area contributed by atoms with Gasteiger partial charge in [0.1, 0.15) is 13.2 Å². The lowest BCUT2D eigenvalue weighted by Crippen LogP contribution is -2.30. The summed E-state index contributed by atoms with van der Waals surface area (Å²) < 4.78 is 16.9. The molecule has 0 N–H and O–H groups in total. The predicted octanol–water partition coefficient (Wildman–Crippen LogP) is 18.9. The van der Waals surface area contributed by atoms with Gasteiger partial charge in [-0.3, -0.25) is 14.4 Å². The van der Waals surface area contributed by atoms with E-state index in [1.165, 1.54) is 212 Å². The number of ether oxygens (including phenoxy) is 3. The average molecular weight is 906 g/mol. The standard InChI is InChI=1S/C58H112O6/c1-6-8-9-10-11-12-13-23-28-33-38-43-48-56(59)62-51-55(52-63-57(60)49-44-39-34-29-24-20-16-17-21-26-31-36-41-46-53(3)4)64-58(61)50-45-40-35-30-25-19-15-14-18-22-27-32-37-42-47-54(5)7-2/h53-55H,6-52H2,1-5H3/t54?,55-/m1/s1. The molecule has 0 aromatic heterocycles. The number of carbonyl (C=O) groups excluding carboxylic acids is 3. The summed E-state index contributed by atoms with van der Waals surface area (Å²) in [5.41, 5.74) is 0. The van der Waals surface area contributed by atoms with Crippen molar-refractivity contribution >= 4 is 17.9 Å². The van der Waals surface area contributed by atoms with E-state index >= 15 is 0 Å². The van der Waals surface area contributed by atoms with Crippen LogP contribution < -0.4 is 0 Å². The molecule has 0 aromatic rings. The minimum atomic E-state index is -0.762. The average Bonchev–Trinajstić information content (AvgIpc) is 3.28. The molecule has 0 saturated carbocycles. The van der Waals surface area contributed by atoms with Gasteiger partial charge < -0.3 is 14.2 Å². The lowest BCUT2D eigenvalue weighted by atomic mass is 9.99. The van der Waals surface area contributed by atoms with Crippen molar-refractivity contribution in [3.8, 4) is 0 Å². The molecule has 2 atom stereocenters. The van der Waals surface area contributed by atoms with Crippen LogP contribution in [0.1, 0.15) is 324 Å². The third kappa shape index (κ3) is 49.8. The van der Waals surface area contributed by atoms with E-state index in [0.717, 1.165) is 69.6 Å². The summed E-state index contributed by atoms with van der Waals surface area (Å²) in [6.07, 6.45) is 53.7. The number of unbranched alkanes of at least 4 members (excludes halogenated alkanes) is 36. The van der Waals surface area contributed by atoms with Crippen LogP contribution in [0.4, 0.5) is 0 Å². The van der Waals surface area contributed by atoms with Crippen molar-refractivity contribution in [3.63, 3.8) is 0 Å². The van der Waals surface area contributed by atoms with E-state index in [1.807, 2.05) is 0 Å². The van der Waals surface area contributed by atoms with Crippen LogP contribution in [0.2, 0.25) is 0 Å². The maximum atomic E-state index is 12.8. The molecule has 0 amide bonds. The Morgan fingerprint density at radius 2 is 0.594 bits per heavy atom. The number of rotatable bonds is 52. The maximum Gasteiger partial charge on any atom is 0.306 e. The van der Waals surface area contributed by atoms with E-state index < -0.39 is 6.10 Å². The highest BCUT2D eigenvalue weighted by atomic mass is 16.6. The second kappa shape index (κ2) is 50.8. The smallest absolute Gasteiger partial charge is 0.306 e. The lowest BCUT2D eigenvalue weighted by molar-refractivity contribution is -0.167. The van der Waals surface area contributed by atoms with Gasteiger partial charge in [0.05, 0.1) is 0 Å². The second-order valence-electron chi connectivity index (χ2n) is 20.6. The minimum absolute atomic E-state index is 0.0627. The molecule has 0 spiro atoms. The van der Waals surface area contributed by atoms with Crippen LogP contribution in [-0.2, 0) is 28.6 Å². The SMILES string of the molecule is CCCCCCCCCCCCCCC(=O)OC[C@H](COC(=O)CCCCCCCCCCCCCCCC(C)C)OC(=O)CCCCCCCCCCCCCCCCC(C)CC. The summed E-state index contributed by atoms with van der Waals surface area (Å²) in [4.78, 5) is 38.1. The van der Waals surface area contributed by atoms with Gasteiger partial charge in [0.15, 0.2) is 6.10 Å². The maximum absolute atomic E-state index is 12.8. The topological polar surface area (TPSA) is 78.9 Å². The molecule has 1 unspecified atom stereocenters. The summed E-state index contributed by atoms with van der Waals surface area (Å²) in [5.74, 6) is 0.895. The Balaban J connectivity index is 4.29. The summed E-state index contributed by atoms with van der Waals surface area (Å²) in [7, 11) is 0. The predicted molar refractivity (Wildman–Crippen MR) is 275 cm³/mol. The molecule has 0 heterocycles. The van der Waals surface area contributed by atoms with Crippen LogP contribution in [0.5, 0.6) is 0 Å². The molecule has 0 aliphatic rings. The van der Waals surface area contributed by atoms with Gasteiger partial charge >= 0.3 is 17.9 Å². The first kappa shape index (κ1) is 62.4. The van der Waals surface area contributed by atoms with Crippen molar-refractivity contribution in [2.24, 2.45) is 11.8 Å². The van der Waals surface area contributed by atoms with Crippen LogP contribution >= 0.6 is 0 Å². The number of carbonyl (C=O) groups is 3. The zero-order chi connectivity index (χ0) is 46.8. The van der Waals surface area contributed by atoms with Crippen molar-refractivity contribution in [1.29, 1.82) is 0 Å². The fraction of sp³-hybridized carbons (Fsp3) is 0.948. The van der Waals surface area contributed by atoms with Crippen LogP contribution in [0, 0.1) is 11.8 Å². The van der Waals surface area contributed by atoms with Gasteiger partial charge in [-0.25, -0.2) is 0 Å². The molecular weight excluding hydrogens is 793 g/mol. The highest BCUT2D eigenvalue weighted by Crippen LogP contribution is 2.18. The quantitative estimate of drug-likeness (QED) is 0.0344. The molecular formula is C58H112O6. The summed E-state index contributed by atoms with van der Waals surface area (Å²) in [5, 5.41) is 0. The van der Waals surface area contributed by atoms with E-state index in [2.05, 4.69) is 34.6 Å². The van der Waals surface area contributed by atoms with Gasteiger partial charge in [-0.05, 0) is 31.1 Å². The molecule has 380 valence electrons. The molecule has 64 heavy (non-hydrogen) atoms. The number of hydrogen-bond donors (Lipinski definition) is 0. The second-order valence-corrected chi connectivity index (χ2v) is 20.6. The lowest BCUT2D eigenvalue weighted by Gasteiger charge is -2.18. The molecule has 0 aromatic carbocycles. The van der Waals surface area contributed by atoms with Gasteiger partial charge in [0, 0.05) is 19.3 Å². The molecule has 6 nitrogen and oxygen atoms in total. The third-order valence-electron chi connectivity index (χ3n) is 13.6. The van der Waals surface area contributed by atoms with Crippen LogP contribution in [0.3, 0.4) is 0 Å². The normalized spacial score (nSPS) is 12.5. The summed E-state index contributed by atoms with van der Waals surface area (Å²) in [6, 6.07) is 0. The van der Waals surface area contributed by atoms with Gasteiger partial charge in [-0.2, -0.15) is 0 Å². The van der Waals surface area contributed by atoms with E-state index in [0.29, 0.717) is 19.3 Å². The number of hydrogen-bond acceptors (Lipinski definition) is 6. The summed E-state index contributed by atoms with van der Waals surface area (Å²) in [6.45, 7) is 11.4. The first-order valence-electron chi connectivity index (χ1n) is 28.8. The van der Waals surface area contributed by atoms with Gasteiger partial charge in [-0.15, -0.1) is 0 Å². The Morgan fingerprint density at radius 1 is 0.328 bits per heavy atom. The zero-order valence-electron chi connectivity index (χ0n) is 43.9. The molecule has 0 rings (SSSR count). The van der Waals surface area contributed by atoms with Gasteiger partial charge in [-0.1, -0.05) is 285 Å². The first-order valence-corrected chi connectivity index (χ1v) is 28.8. The van der Waals surface area contributed by atoms with E-state index in [1.54, 1.807) is 0 Å². The molecule has 6 heteroatoms. The van der Waals surface area contributed by atoms with Gasteiger partial charge in [0.25, 0.3) is 0 Å². The largest absolute Gasteiger partial charge is 0.462 e. The van der Waals surface area contributed by atoms with Crippen LogP contribution in [0.25, 0.3) is 0 Å². The van der Waals surface area contributed by atoms with E-state index in [4.69, 9.17) is 14.2 Å². The first-order chi connectivity index (χ1) is 31.3. The van der Waals surface area contributed by atoms with Crippen molar-refractivity contribution in [3.05, 3.63) is 0 Å². The van der Waals surface area contributed by atoms with Crippen molar-refractivity contribution in [1.82, 2.24) is 0 Å². The molecule has 0 bridgehead atoms.